The molecule has 0 saturated carbocycles. The third-order valence-electron chi connectivity index (χ3n) is 5.27. The Morgan fingerprint density at radius 2 is 1.52 bits per heavy atom. The number of hydrogen-bond acceptors (Lipinski definition) is 4. The molecule has 1 aliphatic rings. The normalized spacial score (nSPS) is 14.9. The van der Waals surface area contributed by atoms with Gasteiger partial charge in [0.15, 0.2) is 0 Å². The second-order valence-electron chi connectivity index (χ2n) is 7.54. The fraction of sp³-hybridized carbons (Fsp3) is 0.304. The molecule has 1 heterocycles. The molecule has 0 aliphatic carbocycles. The molecule has 0 bridgehead atoms. The molecule has 1 saturated heterocycles. The van der Waals surface area contributed by atoms with Crippen molar-refractivity contribution >= 4 is 40.5 Å². The van der Waals surface area contributed by atoms with Gasteiger partial charge < -0.3 is 15.2 Å². The number of hydrogen-bond donors (Lipinski definition) is 1. The maximum Gasteiger partial charge on any atom is 0.429 e. The van der Waals surface area contributed by atoms with E-state index in [2.05, 4.69) is 4.99 Å². The van der Waals surface area contributed by atoms with Crippen LogP contribution < -0.4 is 0 Å². The van der Waals surface area contributed by atoms with Crippen LogP contribution >= 0.6 is 11.6 Å². The smallest absolute Gasteiger partial charge is 0.339 e. The van der Waals surface area contributed by atoms with Gasteiger partial charge in [0.05, 0.1) is 16.4 Å². The predicted octanol–water partition coefficient (Wildman–Crippen LogP) is 4.74. The van der Waals surface area contributed by atoms with Crippen molar-refractivity contribution in [3.05, 3.63) is 64.7 Å². The van der Waals surface area contributed by atoms with Crippen LogP contribution in [0.25, 0.3) is 0 Å². The molecule has 1 N–H and O–H groups in total. The molecule has 0 unspecified atom stereocenters. The van der Waals surface area contributed by atoms with E-state index < -0.39 is 18.3 Å². The summed E-state index contributed by atoms with van der Waals surface area (Å²) in [5.74, 6) is -0.265. The highest BCUT2D eigenvalue weighted by Gasteiger charge is 2.35. The number of rotatable bonds is 5. The average molecular weight is 479 g/mol. The van der Waals surface area contributed by atoms with E-state index >= 15 is 0 Å². The molecule has 33 heavy (non-hydrogen) atoms. The van der Waals surface area contributed by atoms with Gasteiger partial charge in [0.2, 0.25) is 5.91 Å². The molecular formula is C23H22ClF3N4O2. The van der Waals surface area contributed by atoms with Crippen LogP contribution in [0.4, 0.5) is 18.9 Å². The first-order valence-electron chi connectivity index (χ1n) is 10.2. The minimum absolute atomic E-state index is 0.0134. The third kappa shape index (κ3) is 6.19. The number of carbonyl (C=O) groups excluding carboxylic acids is 2. The largest absolute Gasteiger partial charge is 0.429 e. The lowest BCUT2D eigenvalue weighted by Crippen LogP contribution is -2.50. The quantitative estimate of drug-likeness (QED) is 0.630. The summed E-state index contributed by atoms with van der Waals surface area (Å²) in [4.78, 5) is 31.8. The van der Waals surface area contributed by atoms with Crippen molar-refractivity contribution in [1.82, 2.24) is 9.80 Å². The molecule has 6 nitrogen and oxygen atoms in total. The topological polar surface area (TPSA) is 76.8 Å². The molecule has 0 radical (unpaired) electrons. The monoisotopic (exact) mass is 478 g/mol. The minimum Gasteiger partial charge on any atom is -0.339 e. The molecule has 1 fully saturated rings. The van der Waals surface area contributed by atoms with E-state index in [-0.39, 0.29) is 28.2 Å². The molecule has 0 aromatic heterocycles. The lowest BCUT2D eigenvalue weighted by Gasteiger charge is -2.34. The molecule has 2 amide bonds. The second-order valence-corrected chi connectivity index (χ2v) is 7.95. The first-order chi connectivity index (χ1) is 15.6. The molecule has 1 aliphatic heterocycles. The Morgan fingerprint density at radius 1 is 0.970 bits per heavy atom. The number of para-hydroxylation sites is 1. The van der Waals surface area contributed by atoms with Crippen LogP contribution in [0.1, 0.15) is 29.3 Å². The zero-order valence-electron chi connectivity index (χ0n) is 17.8. The van der Waals surface area contributed by atoms with Gasteiger partial charge in [-0.1, -0.05) is 35.9 Å². The number of benzene rings is 2. The van der Waals surface area contributed by atoms with Gasteiger partial charge in [-0.2, -0.15) is 13.2 Å². The van der Waals surface area contributed by atoms with Crippen LogP contribution in [0.2, 0.25) is 5.02 Å². The standard InChI is InChI=1S/C23H22ClF3N4O2/c1-15(32)30-10-12-31(13-11-30)22(33)17-8-6-16(7-9-17)20(14-21(28)23(25,26)27)29-19-5-3-2-4-18(19)24/h2-9,28H,10-14H2,1H3. The van der Waals surface area contributed by atoms with E-state index in [0.29, 0.717) is 37.3 Å². The highest BCUT2D eigenvalue weighted by molar-refractivity contribution is 6.33. The van der Waals surface area contributed by atoms with Crippen molar-refractivity contribution in [2.45, 2.75) is 19.5 Å². The van der Waals surface area contributed by atoms with E-state index in [0.717, 1.165) is 0 Å². The number of piperazine rings is 1. The van der Waals surface area contributed by atoms with Gasteiger partial charge >= 0.3 is 6.18 Å². The van der Waals surface area contributed by atoms with Gasteiger partial charge in [0.1, 0.15) is 5.71 Å². The van der Waals surface area contributed by atoms with Crippen LogP contribution in [0, 0.1) is 5.41 Å². The molecular weight excluding hydrogens is 457 g/mol. The maximum absolute atomic E-state index is 13.0. The molecule has 3 rings (SSSR count). The van der Waals surface area contributed by atoms with Gasteiger partial charge in [-0.05, 0) is 29.8 Å². The fourth-order valence-electron chi connectivity index (χ4n) is 3.37. The summed E-state index contributed by atoms with van der Waals surface area (Å²) in [6, 6.07) is 12.5. The highest BCUT2D eigenvalue weighted by atomic mass is 35.5. The van der Waals surface area contributed by atoms with Crippen molar-refractivity contribution in [3.8, 4) is 0 Å². The molecule has 0 spiro atoms. The number of amides is 2. The minimum atomic E-state index is -4.78. The van der Waals surface area contributed by atoms with E-state index in [4.69, 9.17) is 17.0 Å². The summed E-state index contributed by atoms with van der Waals surface area (Å²) in [6.45, 7) is 3.20. The first-order valence-corrected chi connectivity index (χ1v) is 10.6. The van der Waals surface area contributed by atoms with Crippen LogP contribution in [0.3, 0.4) is 0 Å². The summed E-state index contributed by atoms with van der Waals surface area (Å²) >= 11 is 6.11. The second kappa shape index (κ2) is 10.2. The zero-order valence-corrected chi connectivity index (χ0v) is 18.6. The van der Waals surface area contributed by atoms with Crippen molar-refractivity contribution < 1.29 is 22.8 Å². The molecule has 174 valence electrons. The first kappa shape index (κ1) is 24.4. The molecule has 2 aromatic carbocycles. The van der Waals surface area contributed by atoms with Gasteiger partial charge in [-0.3, -0.25) is 14.6 Å². The number of carbonyl (C=O) groups is 2. The number of alkyl halides is 3. The number of nitrogens with zero attached hydrogens (tertiary/aromatic N) is 3. The van der Waals surface area contributed by atoms with E-state index in [1.165, 1.54) is 31.2 Å². The highest BCUT2D eigenvalue weighted by Crippen LogP contribution is 2.27. The lowest BCUT2D eigenvalue weighted by molar-refractivity contribution is -0.130. The van der Waals surface area contributed by atoms with Crippen LogP contribution in [0.5, 0.6) is 0 Å². The van der Waals surface area contributed by atoms with Crippen molar-refractivity contribution in [2.75, 3.05) is 26.2 Å². The molecule has 0 atom stereocenters. The van der Waals surface area contributed by atoms with E-state index in [9.17, 15) is 22.8 Å². The summed E-state index contributed by atoms with van der Waals surface area (Å²) in [5, 5.41) is 7.67. The van der Waals surface area contributed by atoms with Gasteiger partial charge in [0, 0.05) is 45.1 Å². The number of halogens is 4. The summed E-state index contributed by atoms with van der Waals surface area (Å²) in [7, 11) is 0. The van der Waals surface area contributed by atoms with Crippen molar-refractivity contribution in [2.24, 2.45) is 4.99 Å². The Labute approximate surface area is 194 Å². The third-order valence-corrected chi connectivity index (χ3v) is 5.59. The Hall–Kier alpha value is -3.20. The van der Waals surface area contributed by atoms with Crippen LogP contribution in [-0.4, -0.2) is 65.4 Å². The molecule has 10 heteroatoms. The van der Waals surface area contributed by atoms with Crippen molar-refractivity contribution in [3.63, 3.8) is 0 Å². The average Bonchev–Trinajstić information content (AvgIpc) is 2.79. The molecule has 2 aromatic rings. The predicted molar refractivity (Wildman–Crippen MR) is 121 cm³/mol. The van der Waals surface area contributed by atoms with E-state index in [1.807, 2.05) is 0 Å². The number of nitrogens with one attached hydrogen (secondary N) is 1. The summed E-state index contributed by atoms with van der Waals surface area (Å²) in [6.07, 6.45) is -5.52. The van der Waals surface area contributed by atoms with Gasteiger partial charge in [-0.15, -0.1) is 0 Å². The SMILES string of the molecule is CC(=O)N1CCN(C(=O)c2ccc(C(CC(=N)C(F)(F)F)=Nc3ccccc3Cl)cc2)CC1. The summed E-state index contributed by atoms with van der Waals surface area (Å²) < 4.78 is 39.0. The van der Waals surface area contributed by atoms with Crippen LogP contribution in [0.15, 0.2) is 53.5 Å². The Morgan fingerprint density at radius 3 is 2.06 bits per heavy atom. The zero-order chi connectivity index (χ0) is 24.2. The van der Waals surface area contributed by atoms with Crippen LogP contribution in [-0.2, 0) is 4.79 Å². The van der Waals surface area contributed by atoms with Gasteiger partial charge in [-0.25, -0.2) is 0 Å². The Kier molecular flexibility index (Phi) is 7.53. The summed E-state index contributed by atoms with van der Waals surface area (Å²) in [5.41, 5.74) is -0.413. The van der Waals surface area contributed by atoms with E-state index in [1.54, 1.807) is 34.1 Å². The van der Waals surface area contributed by atoms with Crippen molar-refractivity contribution in [1.29, 1.82) is 5.41 Å². The lowest BCUT2D eigenvalue weighted by atomic mass is 10.0. The number of aliphatic imine (C=N–C) groups is 1. The maximum atomic E-state index is 13.0. The fourth-order valence-corrected chi connectivity index (χ4v) is 3.55. The van der Waals surface area contributed by atoms with Gasteiger partial charge in [0.25, 0.3) is 5.91 Å². The Balaban J connectivity index is 1.83. The Bertz CT molecular complexity index is 1080.